The minimum atomic E-state index is -0.185. The summed E-state index contributed by atoms with van der Waals surface area (Å²) in [5.74, 6) is 1.01. The Balaban J connectivity index is 1.92. The van der Waals surface area contributed by atoms with Gasteiger partial charge in [-0.1, -0.05) is 0 Å². The summed E-state index contributed by atoms with van der Waals surface area (Å²) in [4.78, 5) is 22.8. The number of amides is 1. The molecule has 124 valence electrons. The predicted octanol–water partition coefficient (Wildman–Crippen LogP) is 1.67. The fraction of sp³-hybridized carbons (Fsp3) is 0.438. The zero-order valence-electron chi connectivity index (χ0n) is 13.8. The Morgan fingerprint density at radius 3 is 2.87 bits per heavy atom. The third-order valence-corrected chi connectivity index (χ3v) is 3.16. The summed E-state index contributed by atoms with van der Waals surface area (Å²) in [7, 11) is 4.01. The summed E-state index contributed by atoms with van der Waals surface area (Å²) in [6.45, 7) is 3.86. The Hall–Kier alpha value is -2.41. The lowest BCUT2D eigenvalue weighted by molar-refractivity contribution is 0.0947. The van der Waals surface area contributed by atoms with Crippen LogP contribution in [-0.2, 0) is 6.54 Å². The van der Waals surface area contributed by atoms with Gasteiger partial charge in [0.1, 0.15) is 11.5 Å². The van der Waals surface area contributed by atoms with E-state index in [1.165, 1.54) is 0 Å². The predicted molar refractivity (Wildman–Crippen MR) is 88.3 cm³/mol. The van der Waals surface area contributed by atoms with Crippen LogP contribution in [0.25, 0.3) is 0 Å². The summed E-state index contributed by atoms with van der Waals surface area (Å²) in [5.41, 5.74) is 1.10. The Kier molecular flexibility index (Phi) is 6.10. The van der Waals surface area contributed by atoms with Crippen molar-refractivity contribution in [3.8, 4) is 0 Å². The quantitative estimate of drug-likeness (QED) is 0.721. The molecule has 0 saturated carbocycles. The van der Waals surface area contributed by atoms with E-state index in [-0.39, 0.29) is 5.91 Å². The van der Waals surface area contributed by atoms with Gasteiger partial charge in [0.25, 0.3) is 5.91 Å². The van der Waals surface area contributed by atoms with Crippen molar-refractivity contribution in [1.82, 2.24) is 20.2 Å². The maximum atomic E-state index is 12.2. The number of aromatic nitrogens is 2. The molecule has 0 fully saturated rings. The summed E-state index contributed by atoms with van der Waals surface area (Å²) < 4.78 is 5.25. The number of carbonyl (C=O) groups is 1. The number of hydrogen-bond donors (Lipinski definition) is 2. The molecule has 7 heteroatoms. The highest BCUT2D eigenvalue weighted by Crippen LogP contribution is 2.08. The highest BCUT2D eigenvalue weighted by molar-refractivity contribution is 5.92. The zero-order valence-corrected chi connectivity index (χ0v) is 13.8. The SMILES string of the molecule is Cc1cc(C(=O)NCCCN(C)C)nc(NCc2ccco2)n1. The third-order valence-electron chi connectivity index (χ3n) is 3.16. The number of anilines is 1. The molecule has 2 heterocycles. The van der Waals surface area contributed by atoms with Crippen LogP contribution in [0.15, 0.2) is 28.9 Å². The van der Waals surface area contributed by atoms with E-state index < -0.39 is 0 Å². The van der Waals surface area contributed by atoms with Crippen LogP contribution in [0.2, 0.25) is 0 Å². The summed E-state index contributed by atoms with van der Waals surface area (Å²) in [6.07, 6.45) is 2.51. The average Bonchev–Trinajstić information content (AvgIpc) is 3.02. The first-order valence-electron chi connectivity index (χ1n) is 7.59. The van der Waals surface area contributed by atoms with Crippen molar-refractivity contribution in [2.45, 2.75) is 19.9 Å². The fourth-order valence-corrected chi connectivity index (χ4v) is 2.03. The van der Waals surface area contributed by atoms with Gasteiger partial charge in [0.05, 0.1) is 12.8 Å². The lowest BCUT2D eigenvalue weighted by Gasteiger charge is -2.10. The number of aryl methyl sites for hydroxylation is 1. The number of furan rings is 1. The van der Waals surface area contributed by atoms with Gasteiger partial charge in [-0.05, 0) is 52.2 Å². The largest absolute Gasteiger partial charge is 0.467 e. The minimum absolute atomic E-state index is 0.185. The van der Waals surface area contributed by atoms with Crippen molar-refractivity contribution < 1.29 is 9.21 Å². The normalized spacial score (nSPS) is 10.8. The number of carbonyl (C=O) groups excluding carboxylic acids is 1. The second-order valence-corrected chi connectivity index (χ2v) is 5.56. The van der Waals surface area contributed by atoms with E-state index in [4.69, 9.17) is 4.42 Å². The molecule has 1 amide bonds. The fourth-order valence-electron chi connectivity index (χ4n) is 2.03. The van der Waals surface area contributed by atoms with E-state index in [0.29, 0.717) is 24.7 Å². The molecule has 0 bridgehead atoms. The van der Waals surface area contributed by atoms with Crippen LogP contribution in [-0.4, -0.2) is 48.0 Å². The number of nitrogens with zero attached hydrogens (tertiary/aromatic N) is 3. The molecule has 2 N–H and O–H groups in total. The van der Waals surface area contributed by atoms with Gasteiger partial charge in [-0.15, -0.1) is 0 Å². The van der Waals surface area contributed by atoms with Crippen LogP contribution in [0.3, 0.4) is 0 Å². The van der Waals surface area contributed by atoms with Crippen molar-refractivity contribution in [2.75, 3.05) is 32.5 Å². The molecule has 2 aromatic heterocycles. The van der Waals surface area contributed by atoms with E-state index in [9.17, 15) is 4.79 Å². The third kappa shape index (κ3) is 5.71. The smallest absolute Gasteiger partial charge is 0.270 e. The zero-order chi connectivity index (χ0) is 16.7. The van der Waals surface area contributed by atoms with Crippen molar-refractivity contribution in [2.24, 2.45) is 0 Å². The van der Waals surface area contributed by atoms with Gasteiger partial charge < -0.3 is 20.0 Å². The number of rotatable bonds is 8. The topological polar surface area (TPSA) is 83.3 Å². The lowest BCUT2D eigenvalue weighted by Crippen LogP contribution is -2.28. The minimum Gasteiger partial charge on any atom is -0.467 e. The first-order chi connectivity index (χ1) is 11.0. The monoisotopic (exact) mass is 317 g/mol. The van der Waals surface area contributed by atoms with E-state index in [2.05, 4.69) is 25.5 Å². The molecule has 0 unspecified atom stereocenters. The molecule has 23 heavy (non-hydrogen) atoms. The van der Waals surface area contributed by atoms with Gasteiger partial charge in [-0.3, -0.25) is 4.79 Å². The molecule has 7 nitrogen and oxygen atoms in total. The maximum absolute atomic E-state index is 12.2. The highest BCUT2D eigenvalue weighted by atomic mass is 16.3. The van der Waals surface area contributed by atoms with Crippen LogP contribution >= 0.6 is 0 Å². The summed E-state index contributed by atoms with van der Waals surface area (Å²) in [5, 5.41) is 5.94. The van der Waals surface area contributed by atoms with Gasteiger partial charge in [0.15, 0.2) is 0 Å². The molecule has 0 radical (unpaired) electrons. The molecule has 0 aliphatic heterocycles. The van der Waals surface area contributed by atoms with Gasteiger partial charge in [-0.2, -0.15) is 0 Å². The molecule has 0 aromatic carbocycles. The van der Waals surface area contributed by atoms with E-state index in [1.54, 1.807) is 12.3 Å². The van der Waals surface area contributed by atoms with Crippen LogP contribution in [0.5, 0.6) is 0 Å². The number of nitrogens with one attached hydrogen (secondary N) is 2. The van der Waals surface area contributed by atoms with Crippen LogP contribution in [0.4, 0.5) is 5.95 Å². The average molecular weight is 317 g/mol. The van der Waals surface area contributed by atoms with Crippen molar-refractivity contribution in [3.05, 3.63) is 41.6 Å². The second-order valence-electron chi connectivity index (χ2n) is 5.56. The first-order valence-corrected chi connectivity index (χ1v) is 7.59. The Labute approximate surface area is 136 Å². The Morgan fingerprint density at radius 2 is 2.17 bits per heavy atom. The Morgan fingerprint density at radius 1 is 1.35 bits per heavy atom. The summed E-state index contributed by atoms with van der Waals surface area (Å²) >= 11 is 0. The second kappa shape index (κ2) is 8.28. The maximum Gasteiger partial charge on any atom is 0.270 e. The molecule has 0 aliphatic carbocycles. The van der Waals surface area contributed by atoms with Gasteiger partial charge in [0, 0.05) is 12.2 Å². The molecule has 2 aromatic rings. The van der Waals surface area contributed by atoms with E-state index >= 15 is 0 Å². The molecule has 0 aliphatic rings. The first kappa shape index (κ1) is 17.0. The molecule has 0 atom stereocenters. The molecule has 0 saturated heterocycles. The van der Waals surface area contributed by atoms with Crippen LogP contribution in [0, 0.1) is 6.92 Å². The molecule has 0 spiro atoms. The van der Waals surface area contributed by atoms with Gasteiger partial charge in [-0.25, -0.2) is 9.97 Å². The number of hydrogen-bond acceptors (Lipinski definition) is 6. The summed E-state index contributed by atoms with van der Waals surface area (Å²) in [6, 6.07) is 5.36. The van der Waals surface area contributed by atoms with Crippen LogP contribution < -0.4 is 10.6 Å². The molecule has 2 rings (SSSR count). The van der Waals surface area contributed by atoms with Crippen molar-refractivity contribution in [1.29, 1.82) is 0 Å². The lowest BCUT2D eigenvalue weighted by atomic mass is 10.3. The van der Waals surface area contributed by atoms with Gasteiger partial charge >= 0.3 is 0 Å². The highest BCUT2D eigenvalue weighted by Gasteiger charge is 2.10. The van der Waals surface area contributed by atoms with Crippen molar-refractivity contribution >= 4 is 11.9 Å². The standard InChI is InChI=1S/C16H23N5O2/c1-12-10-14(15(22)17-7-5-8-21(2)3)20-16(19-12)18-11-13-6-4-9-23-13/h4,6,9-10H,5,7-8,11H2,1-3H3,(H,17,22)(H,18,19,20). The Bertz CT molecular complexity index is 625. The molecular weight excluding hydrogens is 294 g/mol. The van der Waals surface area contributed by atoms with E-state index in [1.807, 2.05) is 33.2 Å². The molecular formula is C16H23N5O2. The van der Waals surface area contributed by atoms with Crippen molar-refractivity contribution in [3.63, 3.8) is 0 Å². The van der Waals surface area contributed by atoms with Crippen LogP contribution in [0.1, 0.15) is 28.4 Å². The van der Waals surface area contributed by atoms with E-state index in [0.717, 1.165) is 24.4 Å². The van der Waals surface area contributed by atoms with Gasteiger partial charge in [0.2, 0.25) is 5.95 Å².